The Kier molecular flexibility index (Phi) is 5.03. The van der Waals surface area contributed by atoms with Gasteiger partial charge in [0.15, 0.2) is 6.29 Å². The van der Waals surface area contributed by atoms with Crippen LogP contribution in [0.3, 0.4) is 0 Å². The number of hydrogen-bond donors (Lipinski definition) is 4. The standard InChI is InChI=1S/C10H17NO7/c1-4(12)11-7-9(15)8(14)6(18-10(7)16)3-17-5(2)13/h6-10,14-16H,3H2,1-2H3,(H,11,12)/t6-,7+,8-,9-,10-/m1/s1. The fraction of sp³-hybridized carbons (Fsp3) is 0.800. The van der Waals surface area contributed by atoms with Gasteiger partial charge in [0.1, 0.15) is 31.0 Å². The summed E-state index contributed by atoms with van der Waals surface area (Å²) in [5, 5.41) is 31.3. The number of aliphatic hydroxyl groups is 3. The van der Waals surface area contributed by atoms with Crippen LogP contribution in [0.15, 0.2) is 0 Å². The molecule has 0 unspecified atom stereocenters. The average molecular weight is 263 g/mol. The molecule has 0 bridgehead atoms. The molecule has 1 saturated heterocycles. The molecule has 1 aliphatic heterocycles. The summed E-state index contributed by atoms with van der Waals surface area (Å²) < 4.78 is 9.62. The zero-order chi connectivity index (χ0) is 13.9. The minimum Gasteiger partial charge on any atom is -0.463 e. The van der Waals surface area contributed by atoms with Crippen molar-refractivity contribution in [2.75, 3.05) is 6.61 Å². The van der Waals surface area contributed by atoms with Crippen LogP contribution in [0.1, 0.15) is 13.8 Å². The van der Waals surface area contributed by atoms with Crippen molar-refractivity contribution in [1.82, 2.24) is 5.32 Å². The molecule has 1 rings (SSSR count). The number of nitrogens with one attached hydrogen (secondary N) is 1. The van der Waals surface area contributed by atoms with Crippen molar-refractivity contribution in [2.24, 2.45) is 0 Å². The van der Waals surface area contributed by atoms with Gasteiger partial charge in [0.2, 0.25) is 5.91 Å². The van der Waals surface area contributed by atoms with Gasteiger partial charge >= 0.3 is 5.97 Å². The summed E-state index contributed by atoms with van der Waals surface area (Å²) >= 11 is 0. The van der Waals surface area contributed by atoms with Gasteiger partial charge in [-0.15, -0.1) is 0 Å². The molecule has 0 saturated carbocycles. The molecule has 104 valence electrons. The van der Waals surface area contributed by atoms with Crippen LogP contribution in [0, 0.1) is 0 Å². The summed E-state index contributed by atoms with van der Waals surface area (Å²) in [6.07, 6.45) is -5.35. The van der Waals surface area contributed by atoms with E-state index < -0.39 is 42.5 Å². The van der Waals surface area contributed by atoms with Crippen molar-refractivity contribution < 1.29 is 34.4 Å². The maximum atomic E-state index is 10.9. The molecule has 0 aromatic heterocycles. The Morgan fingerprint density at radius 3 is 2.33 bits per heavy atom. The van der Waals surface area contributed by atoms with E-state index in [1.807, 2.05) is 0 Å². The van der Waals surface area contributed by atoms with Crippen molar-refractivity contribution in [1.29, 1.82) is 0 Å². The van der Waals surface area contributed by atoms with Crippen molar-refractivity contribution in [3.8, 4) is 0 Å². The Hall–Kier alpha value is -1.22. The first-order valence-electron chi connectivity index (χ1n) is 5.43. The smallest absolute Gasteiger partial charge is 0.302 e. The van der Waals surface area contributed by atoms with Crippen molar-refractivity contribution in [3.05, 3.63) is 0 Å². The lowest BCUT2D eigenvalue weighted by Gasteiger charge is -2.40. The summed E-state index contributed by atoms with van der Waals surface area (Å²) in [4.78, 5) is 21.5. The van der Waals surface area contributed by atoms with Gasteiger partial charge in [-0.2, -0.15) is 0 Å². The molecule has 0 aromatic rings. The van der Waals surface area contributed by atoms with Crippen molar-refractivity contribution in [3.63, 3.8) is 0 Å². The fourth-order valence-electron chi connectivity index (χ4n) is 1.67. The number of rotatable bonds is 3. The van der Waals surface area contributed by atoms with Crippen LogP contribution in [0.4, 0.5) is 0 Å². The molecule has 4 N–H and O–H groups in total. The third-order valence-electron chi connectivity index (χ3n) is 2.54. The molecule has 0 aliphatic carbocycles. The molecule has 5 atom stereocenters. The topological polar surface area (TPSA) is 125 Å². The quantitative estimate of drug-likeness (QED) is 0.414. The third-order valence-corrected chi connectivity index (χ3v) is 2.54. The Labute approximate surface area is 104 Å². The Morgan fingerprint density at radius 1 is 1.22 bits per heavy atom. The Bertz CT molecular complexity index is 319. The molecule has 0 radical (unpaired) electrons. The maximum absolute atomic E-state index is 10.9. The van der Waals surface area contributed by atoms with Gasteiger partial charge in [0, 0.05) is 13.8 Å². The molecule has 1 heterocycles. The summed E-state index contributed by atoms with van der Waals surface area (Å²) in [7, 11) is 0. The monoisotopic (exact) mass is 263 g/mol. The number of amides is 1. The number of esters is 1. The second-order valence-electron chi connectivity index (χ2n) is 4.08. The van der Waals surface area contributed by atoms with Crippen LogP contribution in [-0.2, 0) is 19.1 Å². The van der Waals surface area contributed by atoms with E-state index in [-0.39, 0.29) is 6.61 Å². The van der Waals surface area contributed by atoms with E-state index >= 15 is 0 Å². The zero-order valence-corrected chi connectivity index (χ0v) is 10.1. The van der Waals surface area contributed by atoms with Crippen LogP contribution in [0.2, 0.25) is 0 Å². The molecule has 1 aliphatic rings. The van der Waals surface area contributed by atoms with E-state index in [0.717, 1.165) is 0 Å². The van der Waals surface area contributed by atoms with Crippen molar-refractivity contribution in [2.45, 2.75) is 44.5 Å². The number of carbonyl (C=O) groups excluding carboxylic acids is 2. The molecule has 0 aromatic carbocycles. The van der Waals surface area contributed by atoms with Gasteiger partial charge < -0.3 is 30.1 Å². The molecule has 18 heavy (non-hydrogen) atoms. The molecule has 0 spiro atoms. The summed E-state index contributed by atoms with van der Waals surface area (Å²) in [6.45, 7) is 2.09. The van der Waals surface area contributed by atoms with Crippen LogP contribution in [0.25, 0.3) is 0 Å². The van der Waals surface area contributed by atoms with Crippen LogP contribution < -0.4 is 5.32 Å². The second-order valence-corrected chi connectivity index (χ2v) is 4.08. The van der Waals surface area contributed by atoms with Gasteiger partial charge in [-0.05, 0) is 0 Å². The minimum atomic E-state index is -1.49. The fourth-order valence-corrected chi connectivity index (χ4v) is 1.67. The third kappa shape index (κ3) is 3.64. The highest BCUT2D eigenvalue weighted by Crippen LogP contribution is 2.20. The van der Waals surface area contributed by atoms with E-state index in [1.54, 1.807) is 0 Å². The highest BCUT2D eigenvalue weighted by Gasteiger charge is 2.44. The van der Waals surface area contributed by atoms with Gasteiger partial charge in [0.25, 0.3) is 0 Å². The van der Waals surface area contributed by atoms with Crippen molar-refractivity contribution >= 4 is 11.9 Å². The largest absolute Gasteiger partial charge is 0.463 e. The van der Waals surface area contributed by atoms with Gasteiger partial charge in [-0.3, -0.25) is 9.59 Å². The normalized spacial score (nSPS) is 35.9. The lowest BCUT2D eigenvalue weighted by molar-refractivity contribution is -0.255. The lowest BCUT2D eigenvalue weighted by Crippen LogP contribution is -2.64. The molecular weight excluding hydrogens is 246 g/mol. The number of ether oxygens (including phenoxy) is 2. The summed E-state index contributed by atoms with van der Waals surface area (Å²) in [6, 6.07) is -1.13. The first-order valence-corrected chi connectivity index (χ1v) is 5.43. The molecule has 8 nitrogen and oxygen atoms in total. The Balaban J connectivity index is 2.64. The maximum Gasteiger partial charge on any atom is 0.302 e. The van der Waals surface area contributed by atoms with Crippen LogP contribution >= 0.6 is 0 Å². The van der Waals surface area contributed by atoms with Crippen LogP contribution in [-0.4, -0.2) is 64.4 Å². The Morgan fingerprint density at radius 2 is 1.83 bits per heavy atom. The van der Waals surface area contributed by atoms with E-state index in [0.29, 0.717) is 0 Å². The van der Waals surface area contributed by atoms with E-state index in [4.69, 9.17) is 4.74 Å². The number of carbonyl (C=O) groups is 2. The molecule has 1 amide bonds. The van der Waals surface area contributed by atoms with Gasteiger partial charge in [-0.1, -0.05) is 0 Å². The van der Waals surface area contributed by atoms with E-state index in [1.165, 1.54) is 13.8 Å². The predicted molar refractivity (Wildman–Crippen MR) is 57.1 cm³/mol. The average Bonchev–Trinajstić information content (AvgIpc) is 2.27. The molecule has 1 fully saturated rings. The second kappa shape index (κ2) is 6.10. The summed E-state index contributed by atoms with van der Waals surface area (Å²) in [5.41, 5.74) is 0. The number of hydrogen-bond acceptors (Lipinski definition) is 7. The minimum absolute atomic E-state index is 0.294. The van der Waals surface area contributed by atoms with Crippen LogP contribution in [0.5, 0.6) is 0 Å². The van der Waals surface area contributed by atoms with E-state index in [9.17, 15) is 24.9 Å². The van der Waals surface area contributed by atoms with Gasteiger partial charge in [0.05, 0.1) is 0 Å². The number of aliphatic hydroxyl groups excluding tert-OH is 3. The zero-order valence-electron chi connectivity index (χ0n) is 10.1. The first kappa shape index (κ1) is 14.8. The first-order chi connectivity index (χ1) is 8.32. The van der Waals surface area contributed by atoms with Gasteiger partial charge in [-0.25, -0.2) is 0 Å². The highest BCUT2D eigenvalue weighted by atomic mass is 16.6. The molecular formula is C10H17NO7. The molecule has 8 heteroatoms. The predicted octanol–water partition coefficient (Wildman–Crippen LogP) is -2.51. The lowest BCUT2D eigenvalue weighted by atomic mass is 9.97. The van der Waals surface area contributed by atoms with E-state index in [2.05, 4.69) is 10.1 Å². The summed E-state index contributed by atoms with van der Waals surface area (Å²) in [5.74, 6) is -1.05. The SMILES string of the molecule is CC(=O)N[C@H]1[C@@H](O)[C@H](O)[C@@H](COC(C)=O)O[C@H]1O. The highest BCUT2D eigenvalue weighted by molar-refractivity contribution is 5.73.